The fraction of sp³-hybridized carbons (Fsp3) is 0.545. The monoisotopic (exact) mass is 273 g/mol. The summed E-state index contributed by atoms with van der Waals surface area (Å²) in [7, 11) is 0. The Morgan fingerprint density at radius 2 is 2.27 bits per heavy atom. The van der Waals surface area contributed by atoms with E-state index < -0.39 is 0 Å². The smallest absolute Gasteiger partial charge is 0.255 e. The van der Waals surface area contributed by atoms with Gasteiger partial charge < -0.3 is 9.73 Å². The van der Waals surface area contributed by atoms with Gasteiger partial charge in [-0.1, -0.05) is 15.9 Å². The molecule has 0 aliphatic rings. The van der Waals surface area contributed by atoms with Crippen molar-refractivity contribution in [3.05, 3.63) is 23.7 Å². The summed E-state index contributed by atoms with van der Waals surface area (Å²) in [6.45, 7) is 5.79. The number of alkyl halides is 1. The van der Waals surface area contributed by atoms with Crippen molar-refractivity contribution in [1.29, 1.82) is 0 Å². The molecule has 0 radical (unpaired) electrons. The summed E-state index contributed by atoms with van der Waals surface area (Å²) in [6.07, 6.45) is 2.41. The minimum Gasteiger partial charge on any atom is -0.469 e. The van der Waals surface area contributed by atoms with Gasteiger partial charge in [0.2, 0.25) is 0 Å². The average molecular weight is 274 g/mol. The standard InChI is InChI=1S/C11H16BrNO2/c1-8-9(4-7-15-8)10(14)13-11(2,3)5-6-12/h4,7H,5-6H2,1-3H3,(H,13,14). The summed E-state index contributed by atoms with van der Waals surface area (Å²) in [5.41, 5.74) is 0.405. The van der Waals surface area contributed by atoms with Crippen molar-refractivity contribution in [2.45, 2.75) is 32.7 Å². The van der Waals surface area contributed by atoms with Gasteiger partial charge in [0.15, 0.2) is 0 Å². The molecule has 1 rings (SSSR count). The number of halogens is 1. The van der Waals surface area contributed by atoms with Crippen molar-refractivity contribution in [3.8, 4) is 0 Å². The Morgan fingerprint density at radius 1 is 1.60 bits per heavy atom. The molecule has 1 aromatic rings. The highest BCUT2D eigenvalue weighted by molar-refractivity contribution is 9.09. The minimum atomic E-state index is -0.204. The molecule has 1 amide bonds. The fourth-order valence-corrected chi connectivity index (χ4v) is 2.29. The maximum atomic E-state index is 11.8. The summed E-state index contributed by atoms with van der Waals surface area (Å²) >= 11 is 3.37. The second-order valence-corrected chi connectivity index (χ2v) is 4.96. The molecule has 1 heterocycles. The Hall–Kier alpha value is -0.770. The molecule has 0 saturated carbocycles. The van der Waals surface area contributed by atoms with Gasteiger partial charge in [-0.2, -0.15) is 0 Å². The molecule has 1 N–H and O–H groups in total. The van der Waals surface area contributed by atoms with E-state index in [-0.39, 0.29) is 11.4 Å². The van der Waals surface area contributed by atoms with Crippen molar-refractivity contribution < 1.29 is 9.21 Å². The van der Waals surface area contributed by atoms with Crippen LogP contribution in [0.4, 0.5) is 0 Å². The normalized spacial score (nSPS) is 11.5. The van der Waals surface area contributed by atoms with Gasteiger partial charge in [0.25, 0.3) is 5.91 Å². The van der Waals surface area contributed by atoms with Crippen LogP contribution in [-0.4, -0.2) is 16.8 Å². The topological polar surface area (TPSA) is 42.2 Å². The van der Waals surface area contributed by atoms with Gasteiger partial charge in [-0.05, 0) is 33.3 Å². The van der Waals surface area contributed by atoms with Crippen LogP contribution in [0, 0.1) is 6.92 Å². The lowest BCUT2D eigenvalue weighted by Crippen LogP contribution is -2.43. The molecule has 0 aliphatic heterocycles. The molecule has 0 saturated heterocycles. The molecule has 0 unspecified atom stereocenters. The van der Waals surface area contributed by atoms with E-state index in [9.17, 15) is 4.79 Å². The molecule has 0 spiro atoms. The Morgan fingerprint density at radius 3 is 2.73 bits per heavy atom. The molecular formula is C11H16BrNO2. The van der Waals surface area contributed by atoms with Crippen LogP contribution in [0.1, 0.15) is 36.4 Å². The average Bonchev–Trinajstić information content (AvgIpc) is 2.50. The third-order valence-corrected chi connectivity index (χ3v) is 2.67. The number of furan rings is 1. The van der Waals surface area contributed by atoms with Crippen molar-refractivity contribution in [2.24, 2.45) is 0 Å². The van der Waals surface area contributed by atoms with Crippen LogP contribution >= 0.6 is 15.9 Å². The second-order valence-electron chi connectivity index (χ2n) is 4.17. The molecular weight excluding hydrogens is 258 g/mol. The van der Waals surface area contributed by atoms with Crippen LogP contribution in [0.25, 0.3) is 0 Å². The molecule has 0 bridgehead atoms. The van der Waals surface area contributed by atoms with Crippen LogP contribution in [0.15, 0.2) is 16.7 Å². The Bertz CT molecular complexity index is 344. The molecule has 0 fully saturated rings. The highest BCUT2D eigenvalue weighted by Crippen LogP contribution is 2.14. The van der Waals surface area contributed by atoms with Crippen LogP contribution in [-0.2, 0) is 0 Å². The quantitative estimate of drug-likeness (QED) is 0.858. The number of carbonyl (C=O) groups is 1. The fourth-order valence-electron chi connectivity index (χ4n) is 1.29. The van der Waals surface area contributed by atoms with E-state index in [0.29, 0.717) is 11.3 Å². The van der Waals surface area contributed by atoms with Gasteiger partial charge in [-0.15, -0.1) is 0 Å². The summed E-state index contributed by atoms with van der Waals surface area (Å²) in [5, 5.41) is 3.84. The molecule has 0 aromatic carbocycles. The number of amides is 1. The van der Waals surface area contributed by atoms with Crippen LogP contribution in [0.5, 0.6) is 0 Å². The lowest BCUT2D eigenvalue weighted by Gasteiger charge is -2.25. The Labute approximate surface area is 98.4 Å². The zero-order valence-electron chi connectivity index (χ0n) is 9.26. The molecule has 0 aliphatic carbocycles. The largest absolute Gasteiger partial charge is 0.469 e. The molecule has 4 heteroatoms. The first kappa shape index (κ1) is 12.3. The van der Waals surface area contributed by atoms with Gasteiger partial charge in [-0.25, -0.2) is 0 Å². The van der Waals surface area contributed by atoms with Crippen LogP contribution in [0.3, 0.4) is 0 Å². The van der Waals surface area contributed by atoms with E-state index >= 15 is 0 Å². The first-order valence-electron chi connectivity index (χ1n) is 4.89. The lowest BCUT2D eigenvalue weighted by molar-refractivity contribution is 0.0910. The number of hydrogen-bond donors (Lipinski definition) is 1. The van der Waals surface area contributed by atoms with Crippen molar-refractivity contribution in [1.82, 2.24) is 5.32 Å². The van der Waals surface area contributed by atoms with E-state index in [1.54, 1.807) is 13.0 Å². The molecule has 15 heavy (non-hydrogen) atoms. The van der Waals surface area contributed by atoms with Crippen molar-refractivity contribution >= 4 is 21.8 Å². The van der Waals surface area contributed by atoms with Crippen molar-refractivity contribution in [3.63, 3.8) is 0 Å². The zero-order chi connectivity index (χ0) is 11.5. The van der Waals surface area contributed by atoms with Crippen LogP contribution < -0.4 is 5.32 Å². The maximum Gasteiger partial charge on any atom is 0.255 e. The molecule has 0 atom stereocenters. The van der Waals surface area contributed by atoms with E-state index in [2.05, 4.69) is 21.2 Å². The highest BCUT2D eigenvalue weighted by atomic mass is 79.9. The molecule has 84 valence electrons. The number of rotatable bonds is 4. The Kier molecular flexibility index (Phi) is 3.97. The summed E-state index contributed by atoms with van der Waals surface area (Å²) in [4.78, 5) is 11.8. The van der Waals surface area contributed by atoms with E-state index in [1.165, 1.54) is 6.26 Å². The number of aryl methyl sites for hydroxylation is 1. The highest BCUT2D eigenvalue weighted by Gasteiger charge is 2.21. The predicted octanol–water partition coefficient (Wildman–Crippen LogP) is 2.88. The number of hydrogen-bond acceptors (Lipinski definition) is 2. The van der Waals surface area contributed by atoms with E-state index in [0.717, 1.165) is 11.8 Å². The first-order chi connectivity index (χ1) is 6.96. The molecule has 3 nitrogen and oxygen atoms in total. The van der Waals surface area contributed by atoms with Gasteiger partial charge in [0.1, 0.15) is 5.76 Å². The Balaban J connectivity index is 2.68. The third kappa shape index (κ3) is 3.38. The zero-order valence-corrected chi connectivity index (χ0v) is 10.8. The van der Waals surface area contributed by atoms with Gasteiger partial charge in [0, 0.05) is 10.9 Å². The molecule has 1 aromatic heterocycles. The minimum absolute atomic E-state index is 0.0767. The number of carbonyl (C=O) groups excluding carboxylic acids is 1. The van der Waals surface area contributed by atoms with E-state index in [4.69, 9.17) is 4.42 Å². The maximum absolute atomic E-state index is 11.8. The number of nitrogens with one attached hydrogen (secondary N) is 1. The second kappa shape index (κ2) is 4.84. The van der Waals surface area contributed by atoms with Gasteiger partial charge in [-0.3, -0.25) is 4.79 Å². The van der Waals surface area contributed by atoms with Gasteiger partial charge >= 0.3 is 0 Å². The van der Waals surface area contributed by atoms with Crippen molar-refractivity contribution in [2.75, 3.05) is 5.33 Å². The summed E-state index contributed by atoms with van der Waals surface area (Å²) < 4.78 is 5.09. The summed E-state index contributed by atoms with van der Waals surface area (Å²) in [5.74, 6) is 0.578. The van der Waals surface area contributed by atoms with E-state index in [1.807, 2.05) is 13.8 Å². The summed E-state index contributed by atoms with van der Waals surface area (Å²) in [6, 6.07) is 1.69. The third-order valence-electron chi connectivity index (χ3n) is 2.27. The first-order valence-corrected chi connectivity index (χ1v) is 6.01. The SMILES string of the molecule is Cc1occc1C(=O)NC(C)(C)CCBr. The lowest BCUT2D eigenvalue weighted by atomic mass is 10.0. The van der Waals surface area contributed by atoms with Gasteiger partial charge in [0.05, 0.1) is 11.8 Å². The predicted molar refractivity (Wildman–Crippen MR) is 63.4 cm³/mol. The van der Waals surface area contributed by atoms with Crippen LogP contribution in [0.2, 0.25) is 0 Å².